The van der Waals surface area contributed by atoms with Crippen molar-refractivity contribution in [2.45, 2.75) is 46.5 Å². The van der Waals surface area contributed by atoms with Crippen LogP contribution in [0.1, 0.15) is 45.6 Å². The van der Waals surface area contributed by atoms with Crippen molar-refractivity contribution in [3.05, 3.63) is 29.8 Å². The van der Waals surface area contributed by atoms with Crippen LogP contribution < -0.4 is 5.32 Å². The number of hydrogen-bond acceptors (Lipinski definition) is 2. The van der Waals surface area contributed by atoms with E-state index in [1.807, 2.05) is 24.3 Å². The summed E-state index contributed by atoms with van der Waals surface area (Å²) in [5, 5.41) is 11.8. The molecule has 3 nitrogen and oxygen atoms in total. The highest BCUT2D eigenvalue weighted by atomic mass is 16.1. The van der Waals surface area contributed by atoms with Gasteiger partial charge in [-0.1, -0.05) is 39.3 Å². The molecule has 0 spiro atoms. The van der Waals surface area contributed by atoms with Gasteiger partial charge in [0.2, 0.25) is 5.91 Å². The van der Waals surface area contributed by atoms with Gasteiger partial charge in [-0.05, 0) is 48.3 Å². The van der Waals surface area contributed by atoms with Crippen LogP contribution in [-0.4, -0.2) is 5.91 Å². The van der Waals surface area contributed by atoms with Gasteiger partial charge in [0.05, 0.1) is 12.5 Å². The molecule has 0 radical (unpaired) electrons. The molecule has 0 saturated heterocycles. The van der Waals surface area contributed by atoms with Crippen molar-refractivity contribution in [2.24, 2.45) is 23.7 Å². The highest BCUT2D eigenvalue weighted by Crippen LogP contribution is 2.38. The number of benzene rings is 1. The quantitative estimate of drug-likeness (QED) is 0.895. The van der Waals surface area contributed by atoms with Crippen molar-refractivity contribution in [3.63, 3.8) is 0 Å². The Hall–Kier alpha value is -1.82. The Kier molecular flexibility index (Phi) is 5.60. The minimum Gasteiger partial charge on any atom is -0.326 e. The second-order valence-electron chi connectivity index (χ2n) is 6.95. The number of nitrogens with one attached hydrogen (secondary N) is 1. The van der Waals surface area contributed by atoms with Crippen molar-refractivity contribution in [2.75, 3.05) is 5.32 Å². The van der Waals surface area contributed by atoms with Gasteiger partial charge in [0, 0.05) is 11.6 Å². The number of rotatable bonds is 4. The van der Waals surface area contributed by atoms with Crippen LogP contribution in [0.2, 0.25) is 0 Å². The Morgan fingerprint density at radius 3 is 2.59 bits per heavy atom. The minimum atomic E-state index is 0.113. The van der Waals surface area contributed by atoms with Crippen LogP contribution in [-0.2, 0) is 11.2 Å². The lowest BCUT2D eigenvalue weighted by atomic mass is 9.70. The number of hydrogen-bond donors (Lipinski definition) is 1. The normalized spacial score (nSPS) is 24.8. The predicted molar refractivity (Wildman–Crippen MR) is 89.2 cm³/mol. The number of amides is 1. The number of nitrogens with zero attached hydrogens (tertiary/aromatic N) is 1. The summed E-state index contributed by atoms with van der Waals surface area (Å²) < 4.78 is 0. The van der Waals surface area contributed by atoms with Crippen molar-refractivity contribution in [1.29, 1.82) is 5.26 Å². The average molecular weight is 298 g/mol. The van der Waals surface area contributed by atoms with Crippen LogP contribution in [0.4, 0.5) is 5.69 Å². The van der Waals surface area contributed by atoms with E-state index in [1.54, 1.807) is 0 Å². The zero-order chi connectivity index (χ0) is 16.1. The Morgan fingerprint density at radius 2 is 2.00 bits per heavy atom. The fourth-order valence-corrected chi connectivity index (χ4v) is 3.54. The molecular formula is C19H26N2O. The van der Waals surface area contributed by atoms with Gasteiger partial charge in [-0.15, -0.1) is 0 Å². The largest absolute Gasteiger partial charge is 0.326 e. The second kappa shape index (κ2) is 7.45. The summed E-state index contributed by atoms with van der Waals surface area (Å²) in [7, 11) is 0. The fourth-order valence-electron chi connectivity index (χ4n) is 3.54. The van der Waals surface area contributed by atoms with E-state index in [9.17, 15) is 4.79 Å². The summed E-state index contributed by atoms with van der Waals surface area (Å²) in [6.07, 6.45) is 3.78. The molecule has 0 heterocycles. The van der Waals surface area contributed by atoms with Gasteiger partial charge in [-0.25, -0.2) is 0 Å². The lowest BCUT2D eigenvalue weighted by Crippen LogP contribution is -2.36. The third-order valence-corrected chi connectivity index (χ3v) is 4.86. The van der Waals surface area contributed by atoms with Crippen molar-refractivity contribution in [1.82, 2.24) is 0 Å². The molecule has 1 aromatic rings. The van der Waals surface area contributed by atoms with Crippen LogP contribution >= 0.6 is 0 Å². The summed E-state index contributed by atoms with van der Waals surface area (Å²) >= 11 is 0. The standard InChI is InChI=1S/C19H26N2O/c1-13(2)17-9-4-14(3)12-18(17)19(22)21-16-7-5-15(6-8-16)10-11-20/h5-8,13-14,17-18H,4,9-10,12H2,1-3H3,(H,21,22)/t14-,17+,18-/m1/s1. The number of nitriles is 1. The van der Waals surface area contributed by atoms with E-state index in [-0.39, 0.29) is 11.8 Å². The highest BCUT2D eigenvalue weighted by molar-refractivity contribution is 5.92. The summed E-state index contributed by atoms with van der Waals surface area (Å²) in [5.41, 5.74) is 1.80. The maximum absolute atomic E-state index is 12.7. The molecule has 1 fully saturated rings. The van der Waals surface area contributed by atoms with E-state index in [1.165, 1.54) is 6.42 Å². The maximum Gasteiger partial charge on any atom is 0.227 e. The summed E-state index contributed by atoms with van der Waals surface area (Å²) in [6, 6.07) is 9.72. The van der Waals surface area contributed by atoms with Gasteiger partial charge in [0.15, 0.2) is 0 Å². The molecule has 1 saturated carbocycles. The SMILES string of the molecule is CC(C)[C@@H]1CC[C@@H](C)C[C@H]1C(=O)Nc1ccc(CC#N)cc1. The minimum absolute atomic E-state index is 0.113. The summed E-state index contributed by atoms with van der Waals surface area (Å²) in [6.45, 7) is 6.68. The lowest BCUT2D eigenvalue weighted by Gasteiger charge is -2.36. The van der Waals surface area contributed by atoms with E-state index < -0.39 is 0 Å². The van der Waals surface area contributed by atoms with E-state index >= 15 is 0 Å². The van der Waals surface area contributed by atoms with Gasteiger partial charge in [0.25, 0.3) is 0 Å². The predicted octanol–water partition coefficient (Wildman–Crippen LogP) is 4.40. The molecule has 118 valence electrons. The Labute approximate surface area is 133 Å². The smallest absolute Gasteiger partial charge is 0.227 e. The van der Waals surface area contributed by atoms with E-state index in [4.69, 9.17) is 5.26 Å². The number of carbonyl (C=O) groups excluding carboxylic acids is 1. The highest BCUT2D eigenvalue weighted by Gasteiger charge is 2.35. The zero-order valence-electron chi connectivity index (χ0n) is 13.8. The molecule has 1 aromatic carbocycles. The molecule has 3 heteroatoms. The van der Waals surface area contributed by atoms with Crippen molar-refractivity contribution in [3.8, 4) is 6.07 Å². The summed E-state index contributed by atoms with van der Waals surface area (Å²) in [5.74, 6) is 1.92. The van der Waals surface area contributed by atoms with Crippen LogP contribution in [0.3, 0.4) is 0 Å². The number of anilines is 1. The lowest BCUT2D eigenvalue weighted by molar-refractivity contribution is -0.123. The first kappa shape index (κ1) is 16.5. The Bertz CT molecular complexity index is 542. The topological polar surface area (TPSA) is 52.9 Å². The second-order valence-corrected chi connectivity index (χ2v) is 6.95. The first-order valence-electron chi connectivity index (χ1n) is 8.28. The fraction of sp³-hybridized carbons (Fsp3) is 0.579. The van der Waals surface area contributed by atoms with Gasteiger partial charge in [-0.3, -0.25) is 4.79 Å². The molecule has 0 aromatic heterocycles. The van der Waals surface area contributed by atoms with Crippen LogP contribution in [0.25, 0.3) is 0 Å². The third-order valence-electron chi connectivity index (χ3n) is 4.86. The third kappa shape index (κ3) is 4.10. The van der Waals surface area contributed by atoms with Gasteiger partial charge in [0.1, 0.15) is 0 Å². The van der Waals surface area contributed by atoms with Crippen LogP contribution in [0, 0.1) is 35.0 Å². The molecule has 3 atom stereocenters. The molecule has 1 N–H and O–H groups in total. The Morgan fingerprint density at radius 1 is 1.32 bits per heavy atom. The molecule has 0 unspecified atom stereocenters. The van der Waals surface area contributed by atoms with Gasteiger partial charge < -0.3 is 5.32 Å². The first-order valence-corrected chi connectivity index (χ1v) is 8.28. The monoisotopic (exact) mass is 298 g/mol. The molecule has 22 heavy (non-hydrogen) atoms. The maximum atomic E-state index is 12.7. The Balaban J connectivity index is 2.04. The molecule has 2 rings (SSSR count). The molecule has 0 aliphatic heterocycles. The van der Waals surface area contributed by atoms with Crippen LogP contribution in [0.15, 0.2) is 24.3 Å². The molecule has 1 aliphatic rings. The average Bonchev–Trinajstić information content (AvgIpc) is 2.49. The molecule has 1 amide bonds. The van der Waals surface area contributed by atoms with Gasteiger partial charge in [-0.2, -0.15) is 5.26 Å². The van der Waals surface area contributed by atoms with E-state index in [0.717, 1.165) is 24.1 Å². The molecule has 0 bridgehead atoms. The number of carbonyl (C=O) groups is 1. The van der Waals surface area contributed by atoms with Gasteiger partial charge >= 0.3 is 0 Å². The zero-order valence-corrected chi connectivity index (χ0v) is 13.8. The van der Waals surface area contributed by atoms with Crippen molar-refractivity contribution >= 4 is 11.6 Å². The van der Waals surface area contributed by atoms with E-state index in [2.05, 4.69) is 32.2 Å². The molecular weight excluding hydrogens is 272 g/mol. The van der Waals surface area contributed by atoms with Crippen LogP contribution in [0.5, 0.6) is 0 Å². The molecule has 1 aliphatic carbocycles. The summed E-state index contributed by atoms with van der Waals surface area (Å²) in [4.78, 5) is 12.7. The first-order chi connectivity index (χ1) is 10.5. The van der Waals surface area contributed by atoms with Crippen molar-refractivity contribution < 1.29 is 4.79 Å². The van der Waals surface area contributed by atoms with E-state index in [0.29, 0.717) is 24.2 Å².